The molecule has 23 heavy (non-hydrogen) atoms. The van der Waals surface area contributed by atoms with Crippen LogP contribution in [0.15, 0.2) is 24.4 Å². The van der Waals surface area contributed by atoms with Crippen LogP contribution in [0.3, 0.4) is 0 Å². The van der Waals surface area contributed by atoms with Gasteiger partial charge in [0.2, 0.25) is 0 Å². The molecule has 1 aromatic carbocycles. The lowest BCUT2D eigenvalue weighted by molar-refractivity contribution is -0.143. The number of benzene rings is 1. The van der Waals surface area contributed by atoms with E-state index in [-0.39, 0.29) is 12.0 Å². The molecule has 1 atom stereocenters. The number of carboxylic acids is 1. The number of rotatable bonds is 4. The van der Waals surface area contributed by atoms with Crippen LogP contribution >= 0.6 is 0 Å². The van der Waals surface area contributed by atoms with Crippen molar-refractivity contribution in [3.8, 4) is 5.75 Å². The summed E-state index contributed by atoms with van der Waals surface area (Å²) in [5.41, 5.74) is 0.892. The molecule has 3 rings (SSSR count). The van der Waals surface area contributed by atoms with E-state index in [1.54, 1.807) is 7.11 Å². The second-order valence-corrected chi connectivity index (χ2v) is 5.98. The van der Waals surface area contributed by atoms with Gasteiger partial charge in [0.15, 0.2) is 0 Å². The SMILES string of the molecule is COc1ccc2nc(C(C)N3CCC(C(=O)O)CC3)ncc2c1. The lowest BCUT2D eigenvalue weighted by Crippen LogP contribution is -2.38. The second-order valence-electron chi connectivity index (χ2n) is 5.98. The number of hydrogen-bond acceptors (Lipinski definition) is 5. The van der Waals surface area contributed by atoms with Crippen LogP contribution in [0.1, 0.15) is 31.6 Å². The number of hydrogen-bond donors (Lipinski definition) is 1. The third-order valence-corrected chi connectivity index (χ3v) is 4.61. The molecule has 1 aliphatic heterocycles. The van der Waals surface area contributed by atoms with Crippen molar-refractivity contribution in [1.29, 1.82) is 0 Å². The number of piperidine rings is 1. The average molecular weight is 315 g/mol. The highest BCUT2D eigenvalue weighted by molar-refractivity contribution is 5.79. The minimum absolute atomic E-state index is 0.0799. The van der Waals surface area contributed by atoms with Gasteiger partial charge in [0.05, 0.1) is 24.6 Å². The summed E-state index contributed by atoms with van der Waals surface area (Å²) in [6.07, 6.45) is 3.19. The van der Waals surface area contributed by atoms with Crippen molar-refractivity contribution >= 4 is 16.9 Å². The van der Waals surface area contributed by atoms with Crippen LogP contribution < -0.4 is 4.74 Å². The van der Waals surface area contributed by atoms with E-state index < -0.39 is 5.97 Å². The van der Waals surface area contributed by atoms with Gasteiger partial charge in [-0.3, -0.25) is 9.69 Å². The first-order chi connectivity index (χ1) is 11.1. The summed E-state index contributed by atoms with van der Waals surface area (Å²) < 4.78 is 5.21. The van der Waals surface area contributed by atoms with Gasteiger partial charge in [-0.15, -0.1) is 0 Å². The van der Waals surface area contributed by atoms with Crippen LogP contribution in [0.4, 0.5) is 0 Å². The van der Waals surface area contributed by atoms with Crippen molar-refractivity contribution in [2.24, 2.45) is 5.92 Å². The molecule has 0 bridgehead atoms. The molecule has 122 valence electrons. The Morgan fingerprint density at radius 2 is 2.13 bits per heavy atom. The number of aromatic nitrogens is 2. The Kier molecular flexibility index (Phi) is 4.43. The Morgan fingerprint density at radius 1 is 1.39 bits per heavy atom. The highest BCUT2D eigenvalue weighted by atomic mass is 16.5. The molecule has 2 heterocycles. The van der Waals surface area contributed by atoms with Crippen molar-refractivity contribution in [1.82, 2.24) is 14.9 Å². The molecule has 0 saturated carbocycles. The lowest BCUT2D eigenvalue weighted by atomic mass is 9.96. The van der Waals surface area contributed by atoms with Gasteiger partial charge in [0.1, 0.15) is 11.6 Å². The van der Waals surface area contributed by atoms with Crippen molar-refractivity contribution < 1.29 is 14.6 Å². The van der Waals surface area contributed by atoms with Gasteiger partial charge in [-0.25, -0.2) is 9.97 Å². The van der Waals surface area contributed by atoms with Crippen molar-refractivity contribution in [3.63, 3.8) is 0 Å². The monoisotopic (exact) mass is 315 g/mol. The summed E-state index contributed by atoms with van der Waals surface area (Å²) in [4.78, 5) is 22.4. The van der Waals surface area contributed by atoms with Crippen molar-refractivity contribution in [3.05, 3.63) is 30.2 Å². The van der Waals surface area contributed by atoms with Crippen LogP contribution in [0.25, 0.3) is 10.9 Å². The predicted molar refractivity (Wildman–Crippen MR) is 86.4 cm³/mol. The van der Waals surface area contributed by atoms with E-state index in [9.17, 15) is 4.79 Å². The highest BCUT2D eigenvalue weighted by Gasteiger charge is 2.28. The van der Waals surface area contributed by atoms with Crippen LogP contribution in [0.2, 0.25) is 0 Å². The van der Waals surface area contributed by atoms with Gasteiger partial charge in [0.25, 0.3) is 0 Å². The van der Waals surface area contributed by atoms with E-state index in [0.29, 0.717) is 12.8 Å². The van der Waals surface area contributed by atoms with Crippen molar-refractivity contribution in [2.75, 3.05) is 20.2 Å². The maximum Gasteiger partial charge on any atom is 0.306 e. The molecule has 6 nitrogen and oxygen atoms in total. The molecule has 2 aromatic rings. The molecule has 1 fully saturated rings. The van der Waals surface area contributed by atoms with Crippen LogP contribution in [-0.2, 0) is 4.79 Å². The fraction of sp³-hybridized carbons (Fsp3) is 0.471. The number of fused-ring (bicyclic) bond motifs is 1. The number of carboxylic acid groups (broad SMARTS) is 1. The summed E-state index contributed by atoms with van der Waals surface area (Å²) in [5.74, 6) is 0.658. The van der Waals surface area contributed by atoms with E-state index in [2.05, 4.69) is 21.8 Å². The summed E-state index contributed by atoms with van der Waals surface area (Å²) >= 11 is 0. The number of nitrogens with zero attached hydrogens (tertiary/aromatic N) is 3. The molecule has 0 amide bonds. The average Bonchev–Trinajstić information content (AvgIpc) is 2.60. The third kappa shape index (κ3) is 3.27. The minimum Gasteiger partial charge on any atom is -0.497 e. The zero-order valence-corrected chi connectivity index (χ0v) is 13.4. The zero-order chi connectivity index (χ0) is 16.4. The molecule has 1 aromatic heterocycles. The number of carbonyl (C=O) groups is 1. The van der Waals surface area contributed by atoms with E-state index in [1.807, 2.05) is 24.4 Å². The van der Waals surface area contributed by atoms with Gasteiger partial charge in [0, 0.05) is 11.6 Å². The number of likely N-dealkylation sites (tertiary alicyclic amines) is 1. The van der Waals surface area contributed by atoms with E-state index in [0.717, 1.165) is 35.6 Å². The summed E-state index contributed by atoms with van der Waals surface area (Å²) in [7, 11) is 1.64. The van der Waals surface area contributed by atoms with E-state index in [4.69, 9.17) is 9.84 Å². The Hall–Kier alpha value is -2.21. The highest BCUT2D eigenvalue weighted by Crippen LogP contribution is 2.26. The first-order valence-corrected chi connectivity index (χ1v) is 7.86. The smallest absolute Gasteiger partial charge is 0.306 e. The normalized spacial score (nSPS) is 18.0. The quantitative estimate of drug-likeness (QED) is 0.934. The fourth-order valence-corrected chi connectivity index (χ4v) is 3.05. The molecular formula is C17H21N3O3. The third-order valence-electron chi connectivity index (χ3n) is 4.61. The predicted octanol–water partition coefficient (Wildman–Crippen LogP) is 2.50. The van der Waals surface area contributed by atoms with Gasteiger partial charge in [-0.05, 0) is 51.1 Å². The lowest BCUT2D eigenvalue weighted by Gasteiger charge is -2.33. The van der Waals surface area contributed by atoms with Crippen molar-refractivity contribution in [2.45, 2.75) is 25.8 Å². The summed E-state index contributed by atoms with van der Waals surface area (Å²) in [6.45, 7) is 3.61. The molecule has 6 heteroatoms. The number of ether oxygens (including phenoxy) is 1. The summed E-state index contributed by atoms with van der Waals surface area (Å²) in [5, 5.41) is 10.0. The number of methoxy groups -OCH3 is 1. The largest absolute Gasteiger partial charge is 0.497 e. The standard InChI is InChI=1S/C17H21N3O3/c1-11(20-7-5-12(6-8-20)17(21)22)16-18-10-13-9-14(23-2)3-4-15(13)19-16/h3-4,9-12H,5-8H2,1-2H3,(H,21,22). The van der Waals surface area contributed by atoms with Gasteiger partial charge < -0.3 is 9.84 Å². The van der Waals surface area contributed by atoms with E-state index in [1.165, 1.54) is 0 Å². The van der Waals surface area contributed by atoms with Gasteiger partial charge in [-0.2, -0.15) is 0 Å². The molecule has 1 N–H and O–H groups in total. The fourth-order valence-electron chi connectivity index (χ4n) is 3.05. The molecule has 1 aliphatic rings. The summed E-state index contributed by atoms with van der Waals surface area (Å²) in [6, 6.07) is 5.82. The molecule has 1 unspecified atom stereocenters. The Labute approximate surface area is 135 Å². The first-order valence-electron chi connectivity index (χ1n) is 7.86. The second kappa shape index (κ2) is 6.50. The molecule has 0 radical (unpaired) electrons. The molecular weight excluding hydrogens is 294 g/mol. The molecule has 0 aliphatic carbocycles. The minimum atomic E-state index is -0.687. The Morgan fingerprint density at radius 3 is 2.78 bits per heavy atom. The van der Waals surface area contributed by atoms with Crippen LogP contribution in [0.5, 0.6) is 5.75 Å². The van der Waals surface area contributed by atoms with Crippen LogP contribution in [-0.4, -0.2) is 46.1 Å². The Bertz CT molecular complexity index is 711. The topological polar surface area (TPSA) is 75.5 Å². The maximum absolute atomic E-state index is 11.0. The number of aliphatic carboxylic acids is 1. The van der Waals surface area contributed by atoms with E-state index >= 15 is 0 Å². The van der Waals surface area contributed by atoms with Gasteiger partial charge in [-0.1, -0.05) is 0 Å². The Balaban J connectivity index is 1.76. The first kappa shape index (κ1) is 15.7. The zero-order valence-electron chi connectivity index (χ0n) is 13.4. The molecule has 0 spiro atoms. The van der Waals surface area contributed by atoms with Crippen LogP contribution in [0, 0.1) is 5.92 Å². The van der Waals surface area contributed by atoms with Gasteiger partial charge >= 0.3 is 5.97 Å². The molecule has 1 saturated heterocycles. The maximum atomic E-state index is 11.0.